The van der Waals surface area contributed by atoms with Gasteiger partial charge in [0.2, 0.25) is 0 Å². The number of aliphatic imine (C=N–C) groups is 1. The number of hydrogen-bond donors (Lipinski definition) is 3. The van der Waals surface area contributed by atoms with Crippen LogP contribution < -0.4 is 10.6 Å². The van der Waals surface area contributed by atoms with Crippen molar-refractivity contribution in [2.24, 2.45) is 4.99 Å². The van der Waals surface area contributed by atoms with Gasteiger partial charge in [-0.2, -0.15) is 0 Å². The maximum atomic E-state index is 10.2. The van der Waals surface area contributed by atoms with E-state index in [1.165, 1.54) is 0 Å². The fourth-order valence-electron chi connectivity index (χ4n) is 2.56. The number of aliphatic hydroxyl groups excluding tert-OH is 1. The molecule has 0 saturated carbocycles. The Hall–Kier alpha value is -1.96. The van der Waals surface area contributed by atoms with Crippen LogP contribution in [0.3, 0.4) is 0 Å². The average Bonchev–Trinajstić information content (AvgIpc) is 2.99. The molecule has 1 aromatic heterocycles. The third-order valence-electron chi connectivity index (χ3n) is 4.04. The second-order valence-corrected chi connectivity index (χ2v) is 7.65. The van der Waals surface area contributed by atoms with Crippen molar-refractivity contribution in [3.8, 4) is 0 Å². The fourth-order valence-corrected chi connectivity index (χ4v) is 3.42. The molecule has 2 unspecified atom stereocenters. The predicted molar refractivity (Wildman–Crippen MR) is 111 cm³/mol. The number of nitrogens with zero attached hydrogens (tertiary/aromatic N) is 2. The summed E-state index contributed by atoms with van der Waals surface area (Å²) in [4.78, 5) is 10.2. The van der Waals surface area contributed by atoms with Gasteiger partial charge in [-0.15, -0.1) is 11.3 Å². The number of rotatable bonds is 9. The lowest BCUT2D eigenvalue weighted by Crippen LogP contribution is -2.42. The van der Waals surface area contributed by atoms with Crippen molar-refractivity contribution < 1.29 is 9.84 Å². The van der Waals surface area contributed by atoms with Gasteiger partial charge in [-0.25, -0.2) is 9.98 Å². The first-order valence-corrected chi connectivity index (χ1v) is 10.1. The van der Waals surface area contributed by atoms with Crippen LogP contribution in [0.2, 0.25) is 0 Å². The van der Waals surface area contributed by atoms with Gasteiger partial charge >= 0.3 is 0 Å². The van der Waals surface area contributed by atoms with Crippen molar-refractivity contribution in [2.75, 3.05) is 19.7 Å². The molecule has 0 aliphatic rings. The van der Waals surface area contributed by atoms with Gasteiger partial charge < -0.3 is 20.5 Å². The first-order chi connectivity index (χ1) is 13.0. The molecule has 3 N–H and O–H groups in total. The molecular formula is C20H30N4O2S. The number of aromatic nitrogens is 1. The third kappa shape index (κ3) is 7.28. The van der Waals surface area contributed by atoms with E-state index in [1.54, 1.807) is 11.3 Å². The lowest BCUT2D eigenvalue weighted by molar-refractivity contribution is -0.000599. The van der Waals surface area contributed by atoms with E-state index in [0.717, 1.165) is 27.7 Å². The molecular weight excluding hydrogens is 360 g/mol. The quantitative estimate of drug-likeness (QED) is 0.453. The SMILES string of the molecule is CCNC(=NCc1sc(C)nc1C)NCC(O)COC(C)c1ccccc1. The molecule has 0 radical (unpaired) electrons. The Bertz CT molecular complexity index is 718. The van der Waals surface area contributed by atoms with E-state index in [4.69, 9.17) is 4.74 Å². The van der Waals surface area contributed by atoms with E-state index in [1.807, 2.05) is 58.0 Å². The molecule has 2 rings (SSSR count). The highest BCUT2D eigenvalue weighted by molar-refractivity contribution is 7.11. The van der Waals surface area contributed by atoms with Gasteiger partial charge in [0.15, 0.2) is 5.96 Å². The summed E-state index contributed by atoms with van der Waals surface area (Å²) >= 11 is 1.66. The molecule has 0 aliphatic carbocycles. The van der Waals surface area contributed by atoms with Crippen LogP contribution in [0.5, 0.6) is 0 Å². The Morgan fingerprint density at radius 3 is 2.63 bits per heavy atom. The van der Waals surface area contributed by atoms with Crippen molar-refractivity contribution >= 4 is 17.3 Å². The lowest BCUT2D eigenvalue weighted by Gasteiger charge is -2.18. The molecule has 1 heterocycles. The van der Waals surface area contributed by atoms with Gasteiger partial charge in [0.1, 0.15) is 0 Å². The summed E-state index contributed by atoms with van der Waals surface area (Å²) in [5.74, 6) is 0.679. The summed E-state index contributed by atoms with van der Waals surface area (Å²) in [7, 11) is 0. The van der Waals surface area contributed by atoms with Crippen molar-refractivity contribution in [3.05, 3.63) is 51.5 Å². The Balaban J connectivity index is 1.80. The van der Waals surface area contributed by atoms with Gasteiger partial charge in [-0.3, -0.25) is 0 Å². The first-order valence-electron chi connectivity index (χ1n) is 9.29. The number of nitrogens with one attached hydrogen (secondary N) is 2. The third-order valence-corrected chi connectivity index (χ3v) is 5.09. The van der Waals surface area contributed by atoms with Crippen LogP contribution in [0.15, 0.2) is 35.3 Å². The number of aliphatic hydroxyl groups is 1. The number of ether oxygens (including phenoxy) is 1. The van der Waals surface area contributed by atoms with E-state index in [9.17, 15) is 5.11 Å². The summed E-state index contributed by atoms with van der Waals surface area (Å²) in [6.45, 7) is 9.96. The number of benzene rings is 1. The number of hydrogen-bond acceptors (Lipinski definition) is 5. The first kappa shape index (κ1) is 21.3. The summed E-state index contributed by atoms with van der Waals surface area (Å²) in [6.07, 6.45) is -0.673. The monoisotopic (exact) mass is 390 g/mol. The maximum absolute atomic E-state index is 10.2. The summed E-state index contributed by atoms with van der Waals surface area (Å²) in [6, 6.07) is 9.99. The predicted octanol–water partition coefficient (Wildman–Crippen LogP) is 2.95. The van der Waals surface area contributed by atoms with E-state index in [0.29, 0.717) is 19.0 Å². The van der Waals surface area contributed by atoms with E-state index in [2.05, 4.69) is 20.6 Å². The molecule has 7 heteroatoms. The molecule has 0 bridgehead atoms. The Labute approximate surface area is 165 Å². The number of aryl methyl sites for hydroxylation is 2. The molecule has 2 atom stereocenters. The van der Waals surface area contributed by atoms with E-state index >= 15 is 0 Å². The highest BCUT2D eigenvalue weighted by Crippen LogP contribution is 2.18. The zero-order valence-corrected chi connectivity index (χ0v) is 17.3. The fraction of sp³-hybridized carbons (Fsp3) is 0.500. The van der Waals surface area contributed by atoms with Crippen molar-refractivity contribution in [1.29, 1.82) is 0 Å². The summed E-state index contributed by atoms with van der Waals surface area (Å²) < 4.78 is 5.77. The van der Waals surface area contributed by atoms with Crippen molar-refractivity contribution in [1.82, 2.24) is 15.6 Å². The maximum Gasteiger partial charge on any atom is 0.191 e. The molecule has 0 amide bonds. The lowest BCUT2D eigenvalue weighted by atomic mass is 10.1. The smallest absolute Gasteiger partial charge is 0.191 e. The van der Waals surface area contributed by atoms with E-state index in [-0.39, 0.29) is 12.7 Å². The highest BCUT2D eigenvalue weighted by Gasteiger charge is 2.11. The van der Waals surface area contributed by atoms with Crippen molar-refractivity contribution in [2.45, 2.75) is 46.4 Å². The molecule has 148 valence electrons. The molecule has 6 nitrogen and oxygen atoms in total. The van der Waals surface area contributed by atoms with Crippen LogP contribution in [0, 0.1) is 13.8 Å². The standard InChI is InChI=1S/C20H30N4O2S/c1-5-21-20(23-12-19-14(2)24-16(4)27-19)22-11-18(25)13-26-15(3)17-9-7-6-8-10-17/h6-10,15,18,25H,5,11-13H2,1-4H3,(H2,21,22,23). The Morgan fingerprint density at radius 1 is 1.26 bits per heavy atom. The van der Waals surface area contributed by atoms with Crippen LogP contribution in [0.25, 0.3) is 0 Å². The zero-order chi connectivity index (χ0) is 19.6. The minimum Gasteiger partial charge on any atom is -0.389 e. The van der Waals surface area contributed by atoms with Crippen molar-refractivity contribution in [3.63, 3.8) is 0 Å². The molecule has 27 heavy (non-hydrogen) atoms. The average molecular weight is 391 g/mol. The molecule has 0 saturated heterocycles. The minimum absolute atomic E-state index is 0.0553. The van der Waals surface area contributed by atoms with Gasteiger partial charge in [-0.05, 0) is 33.3 Å². The second kappa shape index (κ2) is 11.0. The van der Waals surface area contributed by atoms with Crippen LogP contribution in [0.1, 0.15) is 41.1 Å². The zero-order valence-electron chi connectivity index (χ0n) is 16.5. The van der Waals surface area contributed by atoms with Crippen LogP contribution in [-0.4, -0.2) is 41.9 Å². The largest absolute Gasteiger partial charge is 0.389 e. The highest BCUT2D eigenvalue weighted by atomic mass is 32.1. The molecule has 1 aromatic carbocycles. The van der Waals surface area contributed by atoms with E-state index < -0.39 is 6.10 Å². The van der Waals surface area contributed by atoms with Gasteiger partial charge in [0, 0.05) is 18.0 Å². The molecule has 2 aromatic rings. The minimum atomic E-state index is -0.618. The number of guanidine groups is 1. The normalized spacial score (nSPS) is 14.0. The van der Waals surface area contributed by atoms with Gasteiger partial charge in [0.25, 0.3) is 0 Å². The topological polar surface area (TPSA) is 78.8 Å². The van der Waals surface area contributed by atoms with Crippen LogP contribution in [-0.2, 0) is 11.3 Å². The molecule has 0 fully saturated rings. The Kier molecular flexibility index (Phi) is 8.71. The van der Waals surface area contributed by atoms with Crippen LogP contribution in [0.4, 0.5) is 0 Å². The number of thiazole rings is 1. The molecule has 0 spiro atoms. The van der Waals surface area contributed by atoms with Gasteiger partial charge in [-0.1, -0.05) is 30.3 Å². The molecule has 0 aliphatic heterocycles. The summed E-state index contributed by atoms with van der Waals surface area (Å²) in [5, 5.41) is 17.6. The Morgan fingerprint density at radius 2 is 2.00 bits per heavy atom. The van der Waals surface area contributed by atoms with Crippen LogP contribution >= 0.6 is 11.3 Å². The second-order valence-electron chi connectivity index (χ2n) is 6.36. The summed E-state index contributed by atoms with van der Waals surface area (Å²) in [5.41, 5.74) is 2.13. The van der Waals surface area contributed by atoms with Gasteiger partial charge in [0.05, 0.1) is 36.1 Å².